The van der Waals surface area contributed by atoms with E-state index in [9.17, 15) is 0 Å². The predicted octanol–water partition coefficient (Wildman–Crippen LogP) is 1.78. The van der Waals surface area contributed by atoms with Crippen LogP contribution in [0.15, 0.2) is 36.8 Å². The van der Waals surface area contributed by atoms with E-state index in [-0.39, 0.29) is 0 Å². The van der Waals surface area contributed by atoms with Crippen LogP contribution >= 0.6 is 0 Å². The molecule has 2 aliphatic rings. The van der Waals surface area contributed by atoms with Crippen molar-refractivity contribution < 1.29 is 14.2 Å². The second kappa shape index (κ2) is 5.21. The molecule has 3 heterocycles. The fourth-order valence-electron chi connectivity index (χ4n) is 2.57. The highest BCUT2D eigenvalue weighted by molar-refractivity contribution is 5.50. The topological polar surface area (TPSA) is 56.7 Å². The van der Waals surface area contributed by atoms with Gasteiger partial charge in [-0.25, -0.2) is 9.97 Å². The molecule has 1 aromatic heterocycles. The Labute approximate surface area is 122 Å². The molecular weight excluding hydrogens is 270 g/mol. The van der Waals surface area contributed by atoms with E-state index in [4.69, 9.17) is 14.2 Å². The molecule has 6 heteroatoms. The van der Waals surface area contributed by atoms with Crippen LogP contribution < -0.4 is 14.4 Å². The molecule has 0 saturated carbocycles. The number of benzene rings is 1. The van der Waals surface area contributed by atoms with E-state index < -0.39 is 6.29 Å². The van der Waals surface area contributed by atoms with E-state index in [1.165, 1.54) is 0 Å². The van der Waals surface area contributed by atoms with Crippen molar-refractivity contribution in [3.05, 3.63) is 42.4 Å². The van der Waals surface area contributed by atoms with Gasteiger partial charge in [-0.05, 0) is 12.1 Å². The monoisotopic (exact) mass is 285 g/mol. The number of anilines is 1. The Balaban J connectivity index is 1.64. The minimum absolute atomic E-state index is 0.499. The molecule has 108 valence electrons. The molecule has 0 bridgehead atoms. The van der Waals surface area contributed by atoms with Crippen molar-refractivity contribution in [2.75, 3.05) is 31.2 Å². The van der Waals surface area contributed by atoms with Gasteiger partial charge in [0.25, 0.3) is 6.29 Å². The third-order valence-electron chi connectivity index (χ3n) is 3.60. The largest absolute Gasteiger partial charge is 0.446 e. The molecule has 4 rings (SSSR count). The van der Waals surface area contributed by atoms with Gasteiger partial charge in [0.2, 0.25) is 0 Å². The Bertz CT molecular complexity index is 619. The van der Waals surface area contributed by atoms with Gasteiger partial charge in [0.1, 0.15) is 12.1 Å². The average molecular weight is 285 g/mol. The summed E-state index contributed by atoms with van der Waals surface area (Å²) in [5.74, 6) is 2.35. The van der Waals surface area contributed by atoms with Crippen molar-refractivity contribution >= 4 is 5.82 Å². The molecule has 21 heavy (non-hydrogen) atoms. The Kier molecular flexibility index (Phi) is 3.08. The minimum Gasteiger partial charge on any atom is -0.446 e. The Hall–Kier alpha value is -2.34. The van der Waals surface area contributed by atoms with E-state index in [2.05, 4.69) is 14.9 Å². The van der Waals surface area contributed by atoms with E-state index in [1.807, 2.05) is 24.3 Å². The summed E-state index contributed by atoms with van der Waals surface area (Å²) in [6.07, 6.45) is 2.81. The number of rotatable bonds is 2. The van der Waals surface area contributed by atoms with Crippen LogP contribution in [0, 0.1) is 0 Å². The zero-order valence-electron chi connectivity index (χ0n) is 11.4. The molecule has 2 aromatic rings. The number of para-hydroxylation sites is 2. The minimum atomic E-state index is -0.499. The summed E-state index contributed by atoms with van der Waals surface area (Å²) < 4.78 is 17.1. The Morgan fingerprint density at radius 1 is 1.05 bits per heavy atom. The summed E-state index contributed by atoms with van der Waals surface area (Å²) >= 11 is 0. The van der Waals surface area contributed by atoms with Gasteiger partial charge in [-0.1, -0.05) is 12.1 Å². The van der Waals surface area contributed by atoms with Crippen molar-refractivity contribution in [3.63, 3.8) is 0 Å². The zero-order chi connectivity index (χ0) is 14.1. The van der Waals surface area contributed by atoms with Crippen LogP contribution in [0.3, 0.4) is 0 Å². The molecular formula is C15H15N3O3. The highest BCUT2D eigenvalue weighted by Gasteiger charge is 2.30. The fourth-order valence-corrected chi connectivity index (χ4v) is 2.57. The van der Waals surface area contributed by atoms with Gasteiger partial charge in [0, 0.05) is 19.3 Å². The van der Waals surface area contributed by atoms with Crippen molar-refractivity contribution in [2.24, 2.45) is 0 Å². The first-order chi connectivity index (χ1) is 10.4. The maximum Gasteiger partial charge on any atom is 0.273 e. The van der Waals surface area contributed by atoms with Crippen molar-refractivity contribution in [1.82, 2.24) is 9.97 Å². The first kappa shape index (κ1) is 12.4. The molecule has 0 aliphatic carbocycles. The lowest BCUT2D eigenvalue weighted by molar-refractivity contribution is 0.0480. The molecule has 2 aliphatic heterocycles. The van der Waals surface area contributed by atoms with E-state index >= 15 is 0 Å². The lowest BCUT2D eigenvalue weighted by Gasteiger charge is -2.29. The highest BCUT2D eigenvalue weighted by atomic mass is 16.7. The van der Waals surface area contributed by atoms with E-state index in [0.29, 0.717) is 13.2 Å². The number of hydrogen-bond acceptors (Lipinski definition) is 6. The summed E-state index contributed by atoms with van der Waals surface area (Å²) in [6.45, 7) is 3.03. The average Bonchev–Trinajstić information content (AvgIpc) is 2.99. The smallest absolute Gasteiger partial charge is 0.273 e. The molecule has 0 unspecified atom stereocenters. The van der Waals surface area contributed by atoms with Gasteiger partial charge in [0.05, 0.1) is 18.8 Å². The van der Waals surface area contributed by atoms with Crippen molar-refractivity contribution in [1.29, 1.82) is 0 Å². The van der Waals surface area contributed by atoms with Crippen molar-refractivity contribution in [2.45, 2.75) is 6.29 Å². The molecule has 0 atom stereocenters. The summed E-state index contributed by atoms with van der Waals surface area (Å²) in [5.41, 5.74) is 0.843. The van der Waals surface area contributed by atoms with Gasteiger partial charge < -0.3 is 19.1 Å². The van der Waals surface area contributed by atoms with E-state index in [1.54, 1.807) is 12.5 Å². The normalized spacial score (nSPS) is 18.0. The van der Waals surface area contributed by atoms with Gasteiger partial charge in [-0.3, -0.25) is 0 Å². The highest BCUT2D eigenvalue weighted by Crippen LogP contribution is 2.41. The number of nitrogens with zero attached hydrogens (tertiary/aromatic N) is 3. The molecule has 6 nitrogen and oxygen atoms in total. The number of morpholine rings is 1. The Morgan fingerprint density at radius 3 is 2.48 bits per heavy atom. The van der Waals surface area contributed by atoms with Gasteiger partial charge in [-0.15, -0.1) is 0 Å². The quantitative estimate of drug-likeness (QED) is 0.838. The van der Waals surface area contributed by atoms with Crippen LogP contribution in [0.1, 0.15) is 11.9 Å². The number of aromatic nitrogens is 2. The molecule has 0 amide bonds. The number of fused-ring (bicyclic) bond motifs is 1. The summed E-state index contributed by atoms with van der Waals surface area (Å²) in [4.78, 5) is 10.7. The predicted molar refractivity (Wildman–Crippen MR) is 75.5 cm³/mol. The summed E-state index contributed by atoms with van der Waals surface area (Å²) in [5, 5.41) is 0. The van der Waals surface area contributed by atoms with Crippen LogP contribution in [0.5, 0.6) is 11.5 Å². The van der Waals surface area contributed by atoms with E-state index in [0.717, 1.165) is 36.0 Å². The second-order valence-corrected chi connectivity index (χ2v) is 4.92. The van der Waals surface area contributed by atoms with Crippen LogP contribution in [0.25, 0.3) is 0 Å². The molecule has 1 aromatic carbocycles. The third kappa shape index (κ3) is 2.27. The van der Waals surface area contributed by atoms with Crippen LogP contribution in [0.2, 0.25) is 0 Å². The zero-order valence-corrected chi connectivity index (χ0v) is 11.4. The van der Waals surface area contributed by atoms with Gasteiger partial charge in [0.15, 0.2) is 11.5 Å². The van der Waals surface area contributed by atoms with Crippen LogP contribution in [-0.4, -0.2) is 36.3 Å². The van der Waals surface area contributed by atoms with Gasteiger partial charge in [-0.2, -0.15) is 0 Å². The lowest BCUT2D eigenvalue weighted by Crippen LogP contribution is -2.37. The first-order valence-corrected chi connectivity index (χ1v) is 6.97. The van der Waals surface area contributed by atoms with Crippen LogP contribution in [0.4, 0.5) is 5.82 Å². The maximum absolute atomic E-state index is 5.86. The Morgan fingerprint density at radius 2 is 1.76 bits per heavy atom. The molecule has 0 N–H and O–H groups in total. The molecule has 0 spiro atoms. The van der Waals surface area contributed by atoms with Gasteiger partial charge >= 0.3 is 0 Å². The fraction of sp³-hybridized carbons (Fsp3) is 0.333. The summed E-state index contributed by atoms with van der Waals surface area (Å²) in [7, 11) is 0. The first-order valence-electron chi connectivity index (χ1n) is 6.97. The lowest BCUT2D eigenvalue weighted by atomic mass is 10.2. The molecule has 0 radical (unpaired) electrons. The van der Waals surface area contributed by atoms with Crippen LogP contribution in [-0.2, 0) is 4.74 Å². The second-order valence-electron chi connectivity index (χ2n) is 4.92. The standard InChI is InChI=1S/C15H15N3O3/c1-2-4-13-12(3-1)20-15(21-13)11-9-16-10-17-14(11)18-5-7-19-8-6-18/h1-4,9-10,15H,5-8H2. The third-order valence-corrected chi connectivity index (χ3v) is 3.60. The molecule has 1 saturated heterocycles. The number of ether oxygens (including phenoxy) is 3. The number of hydrogen-bond donors (Lipinski definition) is 0. The SMILES string of the molecule is c1ccc2c(c1)OC(c1cncnc1N1CCOCC1)O2. The molecule has 1 fully saturated rings. The van der Waals surface area contributed by atoms with Crippen molar-refractivity contribution in [3.8, 4) is 11.5 Å². The summed E-state index contributed by atoms with van der Waals surface area (Å²) in [6, 6.07) is 7.64. The maximum atomic E-state index is 5.86.